The third-order valence-corrected chi connectivity index (χ3v) is 4.89. The van der Waals surface area contributed by atoms with Gasteiger partial charge >= 0.3 is 0 Å². The first-order chi connectivity index (χ1) is 10.7. The highest BCUT2D eigenvalue weighted by molar-refractivity contribution is 7.16. The van der Waals surface area contributed by atoms with Crippen LogP contribution in [0.1, 0.15) is 17.4 Å². The third-order valence-electron chi connectivity index (χ3n) is 3.86. The van der Waals surface area contributed by atoms with E-state index in [9.17, 15) is 0 Å². The predicted octanol–water partition coefficient (Wildman–Crippen LogP) is 3.24. The molecule has 4 nitrogen and oxygen atoms in total. The van der Waals surface area contributed by atoms with Crippen LogP contribution in [-0.2, 0) is 0 Å². The van der Waals surface area contributed by atoms with Crippen LogP contribution in [0.3, 0.4) is 0 Å². The summed E-state index contributed by atoms with van der Waals surface area (Å²) in [6, 6.07) is 6.32. The molecule has 0 aliphatic carbocycles. The smallest absolute Gasteiger partial charge is 0.186 e. The van der Waals surface area contributed by atoms with Crippen molar-refractivity contribution in [2.45, 2.75) is 20.8 Å². The second-order valence-corrected chi connectivity index (χ2v) is 6.75. The highest BCUT2D eigenvalue weighted by Gasteiger charge is 2.19. The number of hydrogen-bond acceptors (Lipinski definition) is 5. The van der Waals surface area contributed by atoms with Crippen LogP contribution in [0.4, 0.5) is 5.13 Å². The van der Waals surface area contributed by atoms with Crippen LogP contribution in [0.5, 0.6) is 5.75 Å². The minimum absolute atomic E-state index is 0.671. The average Bonchev–Trinajstić information content (AvgIpc) is 2.92. The second-order valence-electron chi connectivity index (χ2n) is 5.57. The first kappa shape index (κ1) is 15.3. The molecule has 0 spiro atoms. The normalized spacial score (nSPS) is 15.1. The van der Waals surface area contributed by atoms with Gasteiger partial charge in [0, 0.05) is 36.6 Å². The zero-order valence-electron chi connectivity index (χ0n) is 13.5. The first-order valence-corrected chi connectivity index (χ1v) is 8.67. The van der Waals surface area contributed by atoms with Crippen molar-refractivity contribution in [3.8, 4) is 17.0 Å². The molecule has 1 saturated heterocycles. The average molecular weight is 317 g/mol. The van der Waals surface area contributed by atoms with Crippen LogP contribution in [0.2, 0.25) is 0 Å². The van der Waals surface area contributed by atoms with E-state index in [0.29, 0.717) is 6.61 Å². The molecule has 0 saturated carbocycles. The summed E-state index contributed by atoms with van der Waals surface area (Å²) in [5.41, 5.74) is 3.40. The van der Waals surface area contributed by atoms with Gasteiger partial charge in [0.1, 0.15) is 5.75 Å². The van der Waals surface area contributed by atoms with Gasteiger partial charge in [0.15, 0.2) is 5.13 Å². The van der Waals surface area contributed by atoms with E-state index < -0.39 is 0 Å². The molecule has 22 heavy (non-hydrogen) atoms. The lowest BCUT2D eigenvalue weighted by Crippen LogP contribution is -2.43. The maximum absolute atomic E-state index is 5.80. The lowest BCUT2D eigenvalue weighted by molar-refractivity contribution is 0.341. The summed E-state index contributed by atoms with van der Waals surface area (Å²) < 4.78 is 5.80. The van der Waals surface area contributed by atoms with E-state index in [1.54, 1.807) is 11.3 Å². The molecule has 0 bridgehead atoms. The van der Waals surface area contributed by atoms with Gasteiger partial charge < -0.3 is 15.0 Å². The summed E-state index contributed by atoms with van der Waals surface area (Å²) >= 11 is 1.78. The number of anilines is 1. The zero-order chi connectivity index (χ0) is 15.5. The summed E-state index contributed by atoms with van der Waals surface area (Å²) in [5.74, 6) is 0.924. The van der Waals surface area contributed by atoms with Crippen molar-refractivity contribution in [2.75, 3.05) is 37.7 Å². The summed E-state index contributed by atoms with van der Waals surface area (Å²) in [6.07, 6.45) is 0. The van der Waals surface area contributed by atoms with Gasteiger partial charge in [-0.1, -0.05) is 11.6 Å². The van der Waals surface area contributed by atoms with Crippen molar-refractivity contribution >= 4 is 16.5 Å². The van der Waals surface area contributed by atoms with Crippen molar-refractivity contribution in [1.82, 2.24) is 10.3 Å². The van der Waals surface area contributed by atoms with Crippen LogP contribution < -0.4 is 15.0 Å². The van der Waals surface area contributed by atoms with Crippen LogP contribution >= 0.6 is 11.3 Å². The number of nitrogens with zero attached hydrogens (tertiary/aromatic N) is 2. The first-order valence-electron chi connectivity index (χ1n) is 7.86. The number of piperazine rings is 1. The molecule has 1 aromatic carbocycles. The Morgan fingerprint density at radius 3 is 2.77 bits per heavy atom. The largest absolute Gasteiger partial charge is 0.493 e. The van der Waals surface area contributed by atoms with Crippen LogP contribution in [-0.4, -0.2) is 37.8 Å². The van der Waals surface area contributed by atoms with Crippen molar-refractivity contribution in [1.29, 1.82) is 0 Å². The third kappa shape index (κ3) is 3.10. The SMILES string of the molecule is CCOc1ccc(C)cc1-c1nc(N2CCNCC2)sc1C. The van der Waals surface area contributed by atoms with Crippen LogP contribution in [0, 0.1) is 13.8 Å². The Morgan fingerprint density at radius 2 is 2.05 bits per heavy atom. The van der Waals surface area contributed by atoms with Gasteiger partial charge in [0.2, 0.25) is 0 Å². The van der Waals surface area contributed by atoms with E-state index in [1.165, 1.54) is 10.4 Å². The van der Waals surface area contributed by atoms with Crippen molar-refractivity contribution in [3.63, 3.8) is 0 Å². The summed E-state index contributed by atoms with van der Waals surface area (Å²) in [6.45, 7) is 11.1. The van der Waals surface area contributed by atoms with Crippen molar-refractivity contribution < 1.29 is 4.74 Å². The molecule has 0 unspecified atom stereocenters. The Morgan fingerprint density at radius 1 is 1.27 bits per heavy atom. The Labute approximate surface area is 136 Å². The molecule has 5 heteroatoms. The number of rotatable bonds is 4. The molecule has 1 aromatic heterocycles. The molecule has 118 valence electrons. The molecule has 0 radical (unpaired) electrons. The molecule has 2 heterocycles. The van der Waals surface area contributed by atoms with Gasteiger partial charge in [-0.15, -0.1) is 11.3 Å². The van der Waals surface area contributed by atoms with Gasteiger partial charge in [-0.3, -0.25) is 0 Å². The quantitative estimate of drug-likeness (QED) is 0.939. The molecule has 0 atom stereocenters. The maximum atomic E-state index is 5.80. The van der Waals surface area contributed by atoms with E-state index >= 15 is 0 Å². The van der Waals surface area contributed by atoms with Gasteiger partial charge in [-0.05, 0) is 32.9 Å². The van der Waals surface area contributed by atoms with E-state index in [-0.39, 0.29) is 0 Å². The van der Waals surface area contributed by atoms with E-state index in [1.807, 2.05) is 6.92 Å². The Bertz CT molecular complexity index is 647. The minimum Gasteiger partial charge on any atom is -0.493 e. The number of benzene rings is 1. The van der Waals surface area contributed by atoms with Crippen molar-refractivity contribution in [3.05, 3.63) is 28.6 Å². The topological polar surface area (TPSA) is 37.4 Å². The van der Waals surface area contributed by atoms with E-state index in [4.69, 9.17) is 9.72 Å². The van der Waals surface area contributed by atoms with E-state index in [0.717, 1.165) is 48.3 Å². The maximum Gasteiger partial charge on any atom is 0.186 e. The fourth-order valence-corrected chi connectivity index (χ4v) is 3.71. The summed E-state index contributed by atoms with van der Waals surface area (Å²) in [4.78, 5) is 8.54. The zero-order valence-corrected chi connectivity index (χ0v) is 14.3. The van der Waals surface area contributed by atoms with Gasteiger partial charge in [0.25, 0.3) is 0 Å². The molecule has 3 rings (SSSR count). The Kier molecular flexibility index (Phi) is 4.64. The minimum atomic E-state index is 0.671. The Balaban J connectivity index is 1.98. The lowest BCUT2D eigenvalue weighted by Gasteiger charge is -2.26. The molecule has 1 aliphatic heterocycles. The van der Waals surface area contributed by atoms with Gasteiger partial charge in [0.05, 0.1) is 12.3 Å². The molecule has 1 fully saturated rings. The highest BCUT2D eigenvalue weighted by atomic mass is 32.1. The molecule has 1 aliphatic rings. The molecular weight excluding hydrogens is 294 g/mol. The number of ether oxygens (including phenoxy) is 1. The van der Waals surface area contributed by atoms with Crippen LogP contribution in [0.25, 0.3) is 11.3 Å². The molecule has 1 N–H and O–H groups in total. The number of hydrogen-bond donors (Lipinski definition) is 1. The van der Waals surface area contributed by atoms with E-state index in [2.05, 4.69) is 42.3 Å². The fourth-order valence-electron chi connectivity index (χ4n) is 2.73. The van der Waals surface area contributed by atoms with Crippen molar-refractivity contribution in [2.24, 2.45) is 0 Å². The lowest BCUT2D eigenvalue weighted by atomic mass is 10.1. The van der Waals surface area contributed by atoms with Gasteiger partial charge in [-0.25, -0.2) is 4.98 Å². The number of thiazole rings is 1. The molecular formula is C17H23N3OS. The number of nitrogens with one attached hydrogen (secondary N) is 1. The second kappa shape index (κ2) is 6.67. The monoisotopic (exact) mass is 317 g/mol. The summed E-state index contributed by atoms with van der Waals surface area (Å²) in [5, 5.41) is 4.51. The number of aromatic nitrogens is 1. The molecule has 0 amide bonds. The van der Waals surface area contributed by atoms with Crippen LogP contribution in [0.15, 0.2) is 18.2 Å². The fraction of sp³-hybridized carbons (Fsp3) is 0.471. The highest BCUT2D eigenvalue weighted by Crippen LogP contribution is 2.37. The summed E-state index contributed by atoms with van der Waals surface area (Å²) in [7, 11) is 0. The predicted molar refractivity (Wildman–Crippen MR) is 93.3 cm³/mol. The standard InChI is InChI=1S/C17H23N3OS/c1-4-21-15-6-5-12(2)11-14(15)16-13(3)22-17(19-16)20-9-7-18-8-10-20/h5-6,11,18H,4,7-10H2,1-3H3. The Hall–Kier alpha value is -1.59. The number of aryl methyl sites for hydroxylation is 2. The van der Waals surface area contributed by atoms with Gasteiger partial charge in [-0.2, -0.15) is 0 Å². The molecule has 2 aromatic rings.